The van der Waals surface area contributed by atoms with Gasteiger partial charge in [0.25, 0.3) is 0 Å². The first-order valence-corrected chi connectivity index (χ1v) is 8.89. The molecule has 3 aromatic carbocycles. The highest BCUT2D eigenvalue weighted by atomic mass is 16.5. The predicted molar refractivity (Wildman–Crippen MR) is 109 cm³/mol. The van der Waals surface area contributed by atoms with Gasteiger partial charge in [-0.05, 0) is 41.8 Å². The normalized spacial score (nSPS) is 18.9. The molecule has 1 unspecified atom stereocenters. The smallest absolute Gasteiger partial charge is 0.120 e. The Bertz CT molecular complexity index is 946. The molecule has 0 aliphatic carbocycles. The zero-order valence-corrected chi connectivity index (χ0v) is 15.4. The van der Waals surface area contributed by atoms with Crippen molar-refractivity contribution >= 4 is 11.3 Å². The van der Waals surface area contributed by atoms with Crippen LogP contribution in [0.5, 0.6) is 5.75 Å². The number of hydrogen-bond acceptors (Lipinski definition) is 2. The Hall–Kier alpha value is -3.00. The number of ether oxygens (including phenoxy) is 1. The van der Waals surface area contributed by atoms with E-state index >= 15 is 0 Å². The average Bonchev–Trinajstić information content (AvgIpc) is 2.71. The van der Waals surface area contributed by atoms with Crippen molar-refractivity contribution in [3.63, 3.8) is 0 Å². The number of benzene rings is 3. The largest absolute Gasteiger partial charge is 0.497 e. The molecule has 4 rings (SSSR count). The Labute approximate surface area is 155 Å². The van der Waals surface area contributed by atoms with Crippen LogP contribution in [0.1, 0.15) is 23.6 Å². The van der Waals surface area contributed by atoms with E-state index in [1.165, 1.54) is 28.0 Å². The molecular formula is C24H23NO. The summed E-state index contributed by atoms with van der Waals surface area (Å²) < 4.78 is 5.50. The molecule has 1 heterocycles. The van der Waals surface area contributed by atoms with E-state index in [-0.39, 0.29) is 5.54 Å². The molecule has 26 heavy (non-hydrogen) atoms. The molecule has 1 aliphatic heterocycles. The van der Waals surface area contributed by atoms with Crippen LogP contribution in [0.25, 0.3) is 5.57 Å². The van der Waals surface area contributed by atoms with Crippen LogP contribution in [0.3, 0.4) is 0 Å². The van der Waals surface area contributed by atoms with Gasteiger partial charge in [0.05, 0.1) is 12.6 Å². The van der Waals surface area contributed by atoms with E-state index in [4.69, 9.17) is 4.74 Å². The zero-order chi connectivity index (χ0) is 18.1. The van der Waals surface area contributed by atoms with Gasteiger partial charge in [-0.2, -0.15) is 0 Å². The summed E-state index contributed by atoms with van der Waals surface area (Å²) in [6.07, 6.45) is 2.38. The van der Waals surface area contributed by atoms with Crippen LogP contribution in [0, 0.1) is 0 Å². The molecule has 3 aromatic rings. The molecule has 0 radical (unpaired) electrons. The van der Waals surface area contributed by atoms with Crippen LogP contribution in [0.4, 0.5) is 5.69 Å². The fourth-order valence-corrected chi connectivity index (χ4v) is 3.76. The van der Waals surface area contributed by atoms with Crippen molar-refractivity contribution in [1.82, 2.24) is 0 Å². The predicted octanol–water partition coefficient (Wildman–Crippen LogP) is 5.49. The third-order valence-electron chi connectivity index (χ3n) is 5.42. The first kappa shape index (κ1) is 16.5. The minimum absolute atomic E-state index is 0.244. The van der Waals surface area contributed by atoms with E-state index in [1.807, 2.05) is 6.07 Å². The van der Waals surface area contributed by atoms with Crippen molar-refractivity contribution in [2.45, 2.75) is 12.5 Å². The zero-order valence-electron chi connectivity index (χ0n) is 15.4. The molecular weight excluding hydrogens is 318 g/mol. The van der Waals surface area contributed by atoms with Crippen LogP contribution >= 0.6 is 0 Å². The molecule has 2 heteroatoms. The van der Waals surface area contributed by atoms with Gasteiger partial charge < -0.3 is 9.64 Å². The molecule has 0 aromatic heterocycles. The van der Waals surface area contributed by atoms with E-state index in [2.05, 4.69) is 97.7 Å². The highest BCUT2D eigenvalue weighted by molar-refractivity contribution is 5.91. The lowest BCUT2D eigenvalue weighted by molar-refractivity contribution is 0.414. The maximum absolute atomic E-state index is 5.50. The van der Waals surface area contributed by atoms with Crippen LogP contribution in [-0.2, 0) is 5.54 Å². The lowest BCUT2D eigenvalue weighted by Gasteiger charge is -2.44. The van der Waals surface area contributed by atoms with Gasteiger partial charge in [-0.3, -0.25) is 0 Å². The monoisotopic (exact) mass is 341 g/mol. The average molecular weight is 341 g/mol. The van der Waals surface area contributed by atoms with E-state index in [0.717, 1.165) is 5.75 Å². The standard InChI is InChI=1S/C24H23NO/c1-24(19-12-8-5-9-13-19)17-22(18-10-6-4-7-11-18)21-15-14-20(26-3)16-23(21)25(24)2/h4-17H,1-3H3. The molecule has 0 spiro atoms. The van der Waals surface area contributed by atoms with Gasteiger partial charge in [-0.1, -0.05) is 60.7 Å². The molecule has 0 saturated heterocycles. The summed E-state index contributed by atoms with van der Waals surface area (Å²) in [5.74, 6) is 0.875. The minimum atomic E-state index is -0.244. The number of fused-ring (bicyclic) bond motifs is 1. The van der Waals surface area contributed by atoms with Crippen LogP contribution in [-0.4, -0.2) is 14.2 Å². The molecule has 0 saturated carbocycles. The SMILES string of the molecule is COc1ccc2c(c1)N(C)C(C)(c1ccccc1)C=C2c1ccccc1. The van der Waals surface area contributed by atoms with Crippen molar-refractivity contribution in [1.29, 1.82) is 0 Å². The molecule has 0 bridgehead atoms. The Balaban J connectivity index is 1.98. The summed E-state index contributed by atoms with van der Waals surface area (Å²) in [5, 5.41) is 0. The van der Waals surface area contributed by atoms with Gasteiger partial charge in [0.2, 0.25) is 0 Å². The quantitative estimate of drug-likeness (QED) is 0.624. The van der Waals surface area contributed by atoms with Gasteiger partial charge >= 0.3 is 0 Å². The number of methoxy groups -OCH3 is 1. The van der Waals surface area contributed by atoms with Crippen molar-refractivity contribution in [2.24, 2.45) is 0 Å². The number of nitrogens with zero attached hydrogens (tertiary/aromatic N) is 1. The second kappa shape index (κ2) is 6.38. The van der Waals surface area contributed by atoms with Gasteiger partial charge in [0, 0.05) is 24.4 Å². The molecule has 2 nitrogen and oxygen atoms in total. The van der Waals surface area contributed by atoms with E-state index in [1.54, 1.807) is 7.11 Å². The number of anilines is 1. The summed E-state index contributed by atoms with van der Waals surface area (Å²) in [7, 11) is 3.87. The number of likely N-dealkylation sites (N-methyl/N-ethyl adjacent to an activating group) is 1. The first-order chi connectivity index (χ1) is 12.6. The van der Waals surface area contributed by atoms with Gasteiger partial charge in [-0.25, -0.2) is 0 Å². The first-order valence-electron chi connectivity index (χ1n) is 8.89. The molecule has 0 fully saturated rings. The van der Waals surface area contributed by atoms with Crippen LogP contribution in [0.15, 0.2) is 84.9 Å². The Morgan fingerprint density at radius 3 is 2.15 bits per heavy atom. The van der Waals surface area contributed by atoms with Gasteiger partial charge in [0.1, 0.15) is 5.75 Å². The maximum atomic E-state index is 5.50. The summed E-state index contributed by atoms with van der Waals surface area (Å²) in [5.41, 5.74) is 5.92. The number of rotatable bonds is 3. The Morgan fingerprint density at radius 2 is 1.50 bits per heavy atom. The van der Waals surface area contributed by atoms with Crippen molar-refractivity contribution in [3.8, 4) is 5.75 Å². The highest BCUT2D eigenvalue weighted by Crippen LogP contribution is 2.46. The summed E-state index contributed by atoms with van der Waals surface area (Å²) >= 11 is 0. The fourth-order valence-electron chi connectivity index (χ4n) is 3.76. The van der Waals surface area contributed by atoms with Gasteiger partial charge in [0.15, 0.2) is 0 Å². The van der Waals surface area contributed by atoms with Crippen LogP contribution < -0.4 is 9.64 Å². The fraction of sp³-hybridized carbons (Fsp3) is 0.167. The second-order valence-corrected chi connectivity index (χ2v) is 6.88. The molecule has 130 valence electrons. The Morgan fingerprint density at radius 1 is 0.846 bits per heavy atom. The van der Waals surface area contributed by atoms with Crippen molar-refractivity contribution in [2.75, 3.05) is 19.1 Å². The molecule has 0 N–H and O–H groups in total. The summed E-state index contributed by atoms with van der Waals surface area (Å²) in [6.45, 7) is 2.27. The minimum Gasteiger partial charge on any atom is -0.497 e. The lowest BCUT2D eigenvalue weighted by Crippen LogP contribution is -2.42. The summed E-state index contributed by atoms with van der Waals surface area (Å²) in [4.78, 5) is 2.34. The third kappa shape index (κ3) is 2.59. The topological polar surface area (TPSA) is 12.5 Å². The Kier molecular flexibility index (Phi) is 4.04. The van der Waals surface area contributed by atoms with Crippen molar-refractivity contribution < 1.29 is 4.74 Å². The third-order valence-corrected chi connectivity index (χ3v) is 5.42. The maximum Gasteiger partial charge on any atom is 0.120 e. The molecule has 1 aliphatic rings. The molecule has 0 amide bonds. The van der Waals surface area contributed by atoms with Crippen LogP contribution in [0.2, 0.25) is 0 Å². The van der Waals surface area contributed by atoms with Crippen molar-refractivity contribution in [3.05, 3.63) is 102 Å². The van der Waals surface area contributed by atoms with E-state index in [0.29, 0.717) is 0 Å². The lowest BCUT2D eigenvalue weighted by atomic mass is 9.80. The highest BCUT2D eigenvalue weighted by Gasteiger charge is 2.35. The van der Waals surface area contributed by atoms with E-state index in [9.17, 15) is 0 Å². The second-order valence-electron chi connectivity index (χ2n) is 6.88. The number of hydrogen-bond donors (Lipinski definition) is 0. The summed E-state index contributed by atoms with van der Waals surface area (Å²) in [6, 6.07) is 27.6. The van der Waals surface area contributed by atoms with E-state index < -0.39 is 0 Å². The van der Waals surface area contributed by atoms with Gasteiger partial charge in [-0.15, -0.1) is 0 Å². The molecule has 1 atom stereocenters.